The van der Waals surface area contributed by atoms with Crippen LogP contribution in [0.15, 0.2) is 219 Å². The topological polar surface area (TPSA) is 231 Å². The molecule has 107 heavy (non-hydrogen) atoms. The molecule has 0 rings (SSSR count). The normalized spacial score (nSPS) is 15.1. The molecular formula is C89H140O16P2. The number of allylic oxidation sites excluding steroid dienone is 36. The Bertz CT molecular complexity index is 2820. The van der Waals surface area contributed by atoms with E-state index >= 15 is 0 Å². The molecule has 16 nitrogen and oxygen atoms in total. The number of ether oxygens (including phenoxy) is 3. The maximum absolute atomic E-state index is 13.0. The van der Waals surface area contributed by atoms with Crippen LogP contribution in [0.25, 0.3) is 0 Å². The highest BCUT2D eigenvalue weighted by atomic mass is 31.2. The first-order valence-corrected chi connectivity index (χ1v) is 43.0. The van der Waals surface area contributed by atoms with Gasteiger partial charge in [0.2, 0.25) is 0 Å². The minimum absolute atomic E-state index is 0.0576. The third kappa shape index (κ3) is 80.7. The van der Waals surface area contributed by atoms with E-state index in [1.165, 1.54) is 0 Å². The molecule has 0 saturated heterocycles. The predicted octanol–water partition coefficient (Wildman–Crippen LogP) is 23.9. The van der Waals surface area contributed by atoms with Crippen molar-refractivity contribution >= 4 is 33.6 Å². The van der Waals surface area contributed by atoms with Gasteiger partial charge in [0.25, 0.3) is 0 Å². The molecule has 4 N–H and O–H groups in total. The molecule has 0 aromatic rings. The number of carbonyl (C=O) groups excluding carboxylic acids is 3. The van der Waals surface area contributed by atoms with Crippen LogP contribution in [0, 0.1) is 0 Å². The third-order valence-electron chi connectivity index (χ3n) is 15.7. The van der Waals surface area contributed by atoms with Crippen molar-refractivity contribution in [2.75, 3.05) is 39.6 Å². The fraction of sp³-hybridized carbons (Fsp3) is 0.562. The maximum Gasteiger partial charge on any atom is 0.472 e. The van der Waals surface area contributed by atoms with Gasteiger partial charge < -0.3 is 34.2 Å². The van der Waals surface area contributed by atoms with Crippen molar-refractivity contribution in [3.63, 3.8) is 0 Å². The Labute approximate surface area is 647 Å². The van der Waals surface area contributed by atoms with Gasteiger partial charge in [0.05, 0.1) is 26.4 Å². The number of hydrogen-bond donors (Lipinski definition) is 4. The van der Waals surface area contributed by atoms with Crippen molar-refractivity contribution in [1.82, 2.24) is 0 Å². The minimum atomic E-state index is -4.96. The zero-order valence-corrected chi connectivity index (χ0v) is 67.5. The number of aliphatic hydroxyl groups is 2. The van der Waals surface area contributed by atoms with Crippen LogP contribution in [0.1, 0.15) is 265 Å². The van der Waals surface area contributed by atoms with Crippen molar-refractivity contribution in [3.8, 4) is 0 Å². The summed E-state index contributed by atoms with van der Waals surface area (Å²) in [6, 6.07) is 0. The fourth-order valence-corrected chi connectivity index (χ4v) is 11.3. The van der Waals surface area contributed by atoms with E-state index in [1.807, 2.05) is 0 Å². The van der Waals surface area contributed by atoms with Gasteiger partial charge in [-0.2, -0.15) is 0 Å². The van der Waals surface area contributed by atoms with E-state index in [1.54, 1.807) is 0 Å². The van der Waals surface area contributed by atoms with Crippen molar-refractivity contribution in [1.29, 1.82) is 0 Å². The summed E-state index contributed by atoms with van der Waals surface area (Å²) >= 11 is 0. The second-order valence-corrected chi connectivity index (χ2v) is 28.6. The lowest BCUT2D eigenvalue weighted by Crippen LogP contribution is -2.30. The summed E-state index contributed by atoms with van der Waals surface area (Å²) in [6.45, 7) is 2.22. The monoisotopic (exact) mass is 1530 g/mol. The Morgan fingerprint density at radius 2 is 0.467 bits per heavy atom. The van der Waals surface area contributed by atoms with Gasteiger partial charge in [-0.1, -0.05) is 291 Å². The Hall–Kier alpha value is -6.13. The molecule has 0 amide bonds. The molecule has 0 aromatic carbocycles. The van der Waals surface area contributed by atoms with Crippen LogP contribution in [0.2, 0.25) is 0 Å². The SMILES string of the molecule is CC/C=C\C/C=C\C/C=C\C/C=C\C/C=C\C/C=C\CCCCCCCCC(=O)OCC(O)COP(=O)(O)OCC(O)COP(=O)(O)OCC(COC(=O)CCCCCC/C=C\C/C=C\C/C=C\C/C=C\C/C=C\C/C=C\CC)OC(=O)CCCCCC/C=C\C/C=C\C/C=C\C/C=C\C/C=C\C/C=C\CC. The summed E-state index contributed by atoms with van der Waals surface area (Å²) in [5.74, 6) is -1.67. The Kier molecular flexibility index (Phi) is 74.9. The lowest BCUT2D eigenvalue weighted by molar-refractivity contribution is -0.161. The summed E-state index contributed by atoms with van der Waals surface area (Å²) in [5.41, 5.74) is 0. The van der Waals surface area contributed by atoms with Crippen molar-refractivity contribution < 1.29 is 75.8 Å². The molecule has 18 heteroatoms. The predicted molar refractivity (Wildman–Crippen MR) is 444 cm³/mol. The van der Waals surface area contributed by atoms with Gasteiger partial charge in [-0.3, -0.25) is 32.5 Å². The number of unbranched alkanes of at least 4 members (excludes halogenated alkanes) is 14. The van der Waals surface area contributed by atoms with Crippen LogP contribution >= 0.6 is 15.6 Å². The fourth-order valence-electron chi connectivity index (χ4n) is 9.70. The van der Waals surface area contributed by atoms with E-state index in [0.717, 1.165) is 205 Å². The first kappa shape index (κ1) is 101. The molecule has 0 aliphatic rings. The highest BCUT2D eigenvalue weighted by Crippen LogP contribution is 2.45. The minimum Gasteiger partial charge on any atom is -0.463 e. The van der Waals surface area contributed by atoms with E-state index in [9.17, 15) is 43.5 Å². The number of esters is 3. The Morgan fingerprint density at radius 1 is 0.262 bits per heavy atom. The van der Waals surface area contributed by atoms with Crippen LogP contribution in [0.3, 0.4) is 0 Å². The van der Waals surface area contributed by atoms with Crippen LogP contribution in [0.4, 0.5) is 0 Å². The van der Waals surface area contributed by atoms with Gasteiger partial charge in [-0.25, -0.2) is 9.13 Å². The quantitative estimate of drug-likeness (QED) is 0.0146. The molecule has 0 saturated carbocycles. The molecule has 0 aliphatic heterocycles. The summed E-state index contributed by atoms with van der Waals surface area (Å²) in [7, 11) is -9.84. The molecule has 0 aromatic heterocycles. The number of aliphatic hydroxyl groups excluding tert-OH is 2. The molecular weight excluding hydrogens is 1390 g/mol. The largest absolute Gasteiger partial charge is 0.472 e. The smallest absolute Gasteiger partial charge is 0.463 e. The van der Waals surface area contributed by atoms with E-state index in [4.69, 9.17) is 32.3 Å². The van der Waals surface area contributed by atoms with Crippen molar-refractivity contribution in [2.24, 2.45) is 0 Å². The number of hydrogen-bond acceptors (Lipinski definition) is 14. The molecule has 5 unspecified atom stereocenters. The van der Waals surface area contributed by atoms with Crippen molar-refractivity contribution in [2.45, 2.75) is 283 Å². The Morgan fingerprint density at radius 3 is 0.738 bits per heavy atom. The summed E-state index contributed by atoms with van der Waals surface area (Å²) in [6.07, 6.45) is 107. The zero-order chi connectivity index (χ0) is 78.0. The van der Waals surface area contributed by atoms with Crippen LogP contribution in [-0.2, 0) is 55.8 Å². The molecule has 0 spiro atoms. The van der Waals surface area contributed by atoms with Crippen LogP contribution < -0.4 is 0 Å². The van der Waals surface area contributed by atoms with Gasteiger partial charge in [-0.15, -0.1) is 0 Å². The van der Waals surface area contributed by atoms with Gasteiger partial charge >= 0.3 is 33.6 Å². The molecule has 5 atom stereocenters. The maximum atomic E-state index is 13.0. The lowest BCUT2D eigenvalue weighted by Gasteiger charge is -2.21. The molecule has 602 valence electrons. The van der Waals surface area contributed by atoms with Crippen molar-refractivity contribution in [3.05, 3.63) is 219 Å². The number of phosphoric acid groups is 2. The summed E-state index contributed by atoms with van der Waals surface area (Å²) in [5, 5.41) is 20.7. The highest BCUT2D eigenvalue weighted by molar-refractivity contribution is 7.47. The molecule has 0 fully saturated rings. The number of rotatable bonds is 73. The standard InChI is InChI=1S/C89H140O16P2/c1-4-7-10-13-16-19-22-25-28-31-34-37-40-41-44-46-48-51-54-57-60-63-66-69-72-75-87(92)99-78-84(90)79-101-106(95,96)102-80-85(91)81-103-107(97,98)104-83-86(105-89(94)77-74-71-68-65-62-59-56-53-50-47-43-39-36-33-30-27-24-21-18-15-12-9-6-3)82-100-88(93)76-73-70-67-64-61-58-55-52-49-45-42-38-35-32-29-26-23-20-17-14-11-8-5-2/h7-12,16-21,25-30,34-39,41,44-45,47-51,55-56,58-59,84-86,90-91H,4-6,13-15,22-24,31-33,40,42-43,46,52-54,57,60-83H2,1-3H3,(H,95,96)(H,97,98)/b10-7-,11-8-,12-9-,19-16-,20-17-,21-18-,28-25-,29-26-,30-27-,37-34-,38-35-,39-36-,44-41-,49-45-,50-47-,51-48-,58-55-,59-56-. The average molecular weight is 1530 g/mol. The second kappa shape index (κ2) is 79.4. The van der Waals surface area contributed by atoms with E-state index in [0.29, 0.717) is 19.3 Å². The molecule has 0 bridgehead atoms. The number of carbonyl (C=O) groups is 3. The van der Waals surface area contributed by atoms with Crippen LogP contribution in [-0.4, -0.2) is 95.9 Å². The van der Waals surface area contributed by atoms with Gasteiger partial charge in [0.1, 0.15) is 25.4 Å². The number of phosphoric ester groups is 2. The molecule has 0 heterocycles. The first-order chi connectivity index (χ1) is 52.2. The summed E-state index contributed by atoms with van der Waals surface area (Å²) in [4.78, 5) is 58.8. The van der Waals surface area contributed by atoms with E-state index < -0.39 is 91.5 Å². The van der Waals surface area contributed by atoms with Gasteiger partial charge in [-0.05, 0) is 173 Å². The van der Waals surface area contributed by atoms with E-state index in [-0.39, 0.29) is 19.3 Å². The van der Waals surface area contributed by atoms with Gasteiger partial charge in [0.15, 0.2) is 6.10 Å². The summed E-state index contributed by atoms with van der Waals surface area (Å²) < 4.78 is 61.2. The lowest BCUT2D eigenvalue weighted by atomic mass is 10.1. The highest BCUT2D eigenvalue weighted by Gasteiger charge is 2.29. The molecule has 0 radical (unpaired) electrons. The second-order valence-electron chi connectivity index (χ2n) is 25.7. The average Bonchev–Trinajstić information content (AvgIpc) is 0.903. The first-order valence-electron chi connectivity index (χ1n) is 40.0. The molecule has 0 aliphatic carbocycles. The zero-order valence-electron chi connectivity index (χ0n) is 65.7. The van der Waals surface area contributed by atoms with E-state index in [2.05, 4.69) is 240 Å². The van der Waals surface area contributed by atoms with Crippen LogP contribution in [0.5, 0.6) is 0 Å². The van der Waals surface area contributed by atoms with Gasteiger partial charge in [0, 0.05) is 19.3 Å². The third-order valence-corrected chi connectivity index (χ3v) is 17.6. The Balaban J connectivity index is 4.81.